The van der Waals surface area contributed by atoms with Crippen molar-refractivity contribution in [2.75, 3.05) is 54.0 Å². The van der Waals surface area contributed by atoms with Gasteiger partial charge < -0.3 is 24.3 Å². The molecular weight excluding hydrogens is 483 g/mol. The molecule has 1 aliphatic heterocycles. The predicted molar refractivity (Wildman–Crippen MR) is 125 cm³/mol. The van der Waals surface area contributed by atoms with E-state index in [9.17, 15) is 0 Å². The molecule has 0 radical (unpaired) electrons. The normalized spacial score (nSPS) is 15.0. The van der Waals surface area contributed by atoms with Gasteiger partial charge in [0.05, 0.1) is 20.5 Å². The second-order valence-corrected chi connectivity index (χ2v) is 6.72. The molecule has 0 saturated carbocycles. The molecule has 0 amide bonds. The fourth-order valence-electron chi connectivity index (χ4n) is 3.41. The van der Waals surface area contributed by atoms with Crippen LogP contribution in [0.2, 0.25) is 0 Å². The lowest BCUT2D eigenvalue weighted by Crippen LogP contribution is -2.52. The van der Waals surface area contributed by atoms with E-state index in [2.05, 4.69) is 35.7 Å². The van der Waals surface area contributed by atoms with Crippen molar-refractivity contribution in [2.45, 2.75) is 13.1 Å². The minimum absolute atomic E-state index is 0. The lowest BCUT2D eigenvalue weighted by Gasteiger charge is -2.36. The summed E-state index contributed by atoms with van der Waals surface area (Å²) in [6.45, 7) is 6.37. The molecule has 0 bridgehead atoms. The number of aliphatic imine (C=N–C) groups is 1. The number of nitrogens with zero attached hydrogens (tertiary/aromatic N) is 5. The van der Waals surface area contributed by atoms with Crippen LogP contribution in [0.3, 0.4) is 0 Å². The lowest BCUT2D eigenvalue weighted by atomic mass is 10.1. The molecule has 2 heterocycles. The van der Waals surface area contributed by atoms with E-state index in [1.807, 2.05) is 31.7 Å². The Hall–Kier alpha value is -2.01. The van der Waals surface area contributed by atoms with Gasteiger partial charge in [-0.25, -0.2) is 4.98 Å². The zero-order chi connectivity index (χ0) is 19.8. The van der Waals surface area contributed by atoms with Crippen LogP contribution < -0.4 is 14.8 Å². The van der Waals surface area contributed by atoms with E-state index < -0.39 is 0 Å². The third kappa shape index (κ3) is 6.49. The molecule has 3 rings (SSSR count). The summed E-state index contributed by atoms with van der Waals surface area (Å²) in [7, 11) is 5.24. The van der Waals surface area contributed by atoms with E-state index in [-0.39, 0.29) is 24.0 Å². The van der Waals surface area contributed by atoms with E-state index in [0.717, 1.165) is 68.8 Å². The summed E-state index contributed by atoms with van der Waals surface area (Å²) in [4.78, 5) is 13.3. The van der Waals surface area contributed by atoms with Crippen LogP contribution in [0.4, 0.5) is 0 Å². The highest BCUT2D eigenvalue weighted by molar-refractivity contribution is 14.0. The van der Waals surface area contributed by atoms with Gasteiger partial charge in [-0.05, 0) is 18.2 Å². The largest absolute Gasteiger partial charge is 0.497 e. The Morgan fingerprint density at radius 3 is 2.59 bits per heavy atom. The third-order valence-corrected chi connectivity index (χ3v) is 4.98. The number of piperazine rings is 1. The monoisotopic (exact) mass is 514 g/mol. The molecule has 0 unspecified atom stereocenters. The number of halogens is 1. The van der Waals surface area contributed by atoms with Gasteiger partial charge in [0, 0.05) is 70.8 Å². The fourth-order valence-corrected chi connectivity index (χ4v) is 3.41. The zero-order valence-electron chi connectivity index (χ0n) is 17.4. The van der Waals surface area contributed by atoms with Crippen LogP contribution in [-0.4, -0.2) is 79.3 Å². The van der Waals surface area contributed by atoms with Crippen LogP contribution in [0.5, 0.6) is 11.5 Å². The number of aromatic nitrogens is 2. The number of imidazole rings is 1. The number of benzene rings is 1. The molecule has 0 spiro atoms. The summed E-state index contributed by atoms with van der Waals surface area (Å²) < 4.78 is 12.9. The van der Waals surface area contributed by atoms with Gasteiger partial charge in [-0.3, -0.25) is 9.89 Å². The number of ether oxygens (including phenoxy) is 2. The van der Waals surface area contributed by atoms with Gasteiger partial charge in [-0.15, -0.1) is 24.0 Å². The van der Waals surface area contributed by atoms with Crippen molar-refractivity contribution in [3.8, 4) is 11.5 Å². The van der Waals surface area contributed by atoms with Crippen molar-refractivity contribution in [1.29, 1.82) is 0 Å². The SMILES string of the molecule is CN=C(NCCn1ccnc1)N1CCN(Cc2cc(OC)ccc2OC)CC1.I. The molecular formula is C20H31IN6O2. The Labute approximate surface area is 189 Å². The van der Waals surface area contributed by atoms with Gasteiger partial charge in [0.2, 0.25) is 0 Å². The molecule has 1 aromatic carbocycles. The van der Waals surface area contributed by atoms with Gasteiger partial charge in [0.1, 0.15) is 11.5 Å². The summed E-state index contributed by atoms with van der Waals surface area (Å²) in [5.41, 5.74) is 1.15. The lowest BCUT2D eigenvalue weighted by molar-refractivity contribution is 0.171. The van der Waals surface area contributed by atoms with Gasteiger partial charge in [0.25, 0.3) is 0 Å². The quantitative estimate of drug-likeness (QED) is 0.346. The van der Waals surface area contributed by atoms with Crippen molar-refractivity contribution in [1.82, 2.24) is 24.7 Å². The Morgan fingerprint density at radius 2 is 1.97 bits per heavy atom. The van der Waals surface area contributed by atoms with Gasteiger partial charge >= 0.3 is 0 Å². The zero-order valence-corrected chi connectivity index (χ0v) is 19.7. The topological polar surface area (TPSA) is 67.2 Å². The molecule has 1 saturated heterocycles. The summed E-state index contributed by atoms with van der Waals surface area (Å²) in [6, 6.07) is 5.96. The van der Waals surface area contributed by atoms with Gasteiger partial charge in [0.15, 0.2) is 5.96 Å². The van der Waals surface area contributed by atoms with Crippen molar-refractivity contribution in [2.24, 2.45) is 4.99 Å². The molecule has 2 aromatic rings. The Balaban J connectivity index is 0.00000300. The smallest absolute Gasteiger partial charge is 0.193 e. The van der Waals surface area contributed by atoms with Gasteiger partial charge in [-0.2, -0.15) is 0 Å². The molecule has 29 heavy (non-hydrogen) atoms. The molecule has 0 atom stereocenters. The first-order valence-corrected chi connectivity index (χ1v) is 9.58. The summed E-state index contributed by atoms with van der Waals surface area (Å²) >= 11 is 0. The third-order valence-electron chi connectivity index (χ3n) is 4.98. The molecule has 9 heteroatoms. The minimum atomic E-state index is 0. The molecule has 160 valence electrons. The van der Waals surface area contributed by atoms with Crippen molar-refractivity contribution in [3.63, 3.8) is 0 Å². The molecule has 1 N–H and O–H groups in total. The molecule has 1 aromatic heterocycles. The number of hydrogen-bond acceptors (Lipinski definition) is 5. The van der Waals surface area contributed by atoms with Crippen LogP contribution in [0.25, 0.3) is 0 Å². The number of guanidine groups is 1. The number of hydrogen-bond donors (Lipinski definition) is 1. The maximum absolute atomic E-state index is 5.51. The summed E-state index contributed by atoms with van der Waals surface area (Å²) in [6.07, 6.45) is 5.59. The molecule has 0 aliphatic carbocycles. The Kier molecular flexibility index (Phi) is 9.52. The maximum Gasteiger partial charge on any atom is 0.193 e. The van der Waals surface area contributed by atoms with Crippen LogP contribution in [-0.2, 0) is 13.1 Å². The number of rotatable bonds is 7. The first kappa shape index (κ1) is 23.3. The second kappa shape index (κ2) is 11.9. The maximum atomic E-state index is 5.51. The van der Waals surface area contributed by atoms with E-state index in [0.29, 0.717) is 0 Å². The average Bonchev–Trinajstić information content (AvgIpc) is 3.25. The van der Waals surface area contributed by atoms with E-state index >= 15 is 0 Å². The first-order chi connectivity index (χ1) is 13.7. The van der Waals surface area contributed by atoms with Crippen molar-refractivity contribution >= 4 is 29.9 Å². The van der Waals surface area contributed by atoms with Crippen molar-refractivity contribution < 1.29 is 9.47 Å². The van der Waals surface area contributed by atoms with Gasteiger partial charge in [-0.1, -0.05) is 0 Å². The van der Waals surface area contributed by atoms with Crippen LogP contribution in [0.1, 0.15) is 5.56 Å². The highest BCUT2D eigenvalue weighted by atomic mass is 127. The summed E-state index contributed by atoms with van der Waals surface area (Å²) in [5, 5.41) is 3.45. The number of nitrogens with one attached hydrogen (secondary N) is 1. The van der Waals surface area contributed by atoms with Crippen LogP contribution in [0, 0.1) is 0 Å². The Bertz CT molecular complexity index is 760. The van der Waals surface area contributed by atoms with E-state index in [1.165, 1.54) is 0 Å². The number of methoxy groups -OCH3 is 2. The highest BCUT2D eigenvalue weighted by Crippen LogP contribution is 2.25. The minimum Gasteiger partial charge on any atom is -0.497 e. The predicted octanol–water partition coefficient (Wildman–Crippen LogP) is 1.91. The van der Waals surface area contributed by atoms with Crippen molar-refractivity contribution in [3.05, 3.63) is 42.5 Å². The first-order valence-electron chi connectivity index (χ1n) is 9.58. The Morgan fingerprint density at radius 1 is 1.17 bits per heavy atom. The summed E-state index contributed by atoms with van der Waals surface area (Å²) in [5.74, 6) is 2.72. The highest BCUT2D eigenvalue weighted by Gasteiger charge is 2.20. The standard InChI is InChI=1S/C20H30N6O2.HI/c1-21-20(23-7-9-25-8-6-22-16-25)26-12-10-24(11-13-26)15-17-14-18(27-2)4-5-19(17)28-3;/h4-6,8,14,16H,7,9-13,15H2,1-3H3,(H,21,23);1H. The van der Waals surface area contributed by atoms with Crippen LogP contribution >= 0.6 is 24.0 Å². The second-order valence-electron chi connectivity index (χ2n) is 6.72. The van der Waals surface area contributed by atoms with Crippen LogP contribution in [0.15, 0.2) is 41.9 Å². The molecule has 1 fully saturated rings. The molecule has 8 nitrogen and oxygen atoms in total. The fraction of sp³-hybridized carbons (Fsp3) is 0.500. The van der Waals surface area contributed by atoms with E-state index in [1.54, 1.807) is 20.4 Å². The van der Waals surface area contributed by atoms with E-state index in [4.69, 9.17) is 9.47 Å². The average molecular weight is 514 g/mol. The molecule has 1 aliphatic rings.